The molecule has 1 fully saturated rings. The minimum atomic E-state index is -0.541. The molecule has 4 atom stereocenters. The topological polar surface area (TPSA) is 52.6 Å². The largest absolute Gasteiger partial charge is 0.460 e. The lowest BCUT2D eigenvalue weighted by Crippen LogP contribution is -2.40. The molecule has 0 aromatic carbocycles. The summed E-state index contributed by atoms with van der Waals surface area (Å²) in [6.45, 7) is 11.1. The molecule has 2 bridgehead atoms. The minimum Gasteiger partial charge on any atom is -0.460 e. The highest BCUT2D eigenvalue weighted by molar-refractivity contribution is 5.84. The number of rotatable bonds is 2. The maximum Gasteiger partial charge on any atom is 0.310 e. The van der Waals surface area contributed by atoms with Crippen molar-refractivity contribution in [2.45, 2.75) is 59.2 Å². The van der Waals surface area contributed by atoms with Crippen LogP contribution in [-0.4, -0.2) is 23.1 Å². The highest BCUT2D eigenvalue weighted by atomic mass is 16.6. The smallest absolute Gasteiger partial charge is 0.310 e. The van der Waals surface area contributed by atoms with Crippen molar-refractivity contribution in [3.63, 3.8) is 0 Å². The molecule has 1 saturated carbocycles. The molecule has 0 saturated heterocycles. The number of fused-ring (bicyclic) bond motifs is 2. The average molecular weight is 294 g/mol. The highest BCUT2D eigenvalue weighted by Gasteiger charge is 2.54. The van der Waals surface area contributed by atoms with Crippen LogP contribution < -0.4 is 0 Å². The molecule has 2 rings (SSSR count). The fourth-order valence-electron chi connectivity index (χ4n) is 3.20. The van der Waals surface area contributed by atoms with E-state index in [2.05, 4.69) is 0 Å². The Labute approximate surface area is 126 Å². The summed E-state index contributed by atoms with van der Waals surface area (Å²) in [5.41, 5.74) is -1.08. The molecule has 4 heteroatoms. The summed E-state index contributed by atoms with van der Waals surface area (Å²) in [4.78, 5) is 24.9. The second-order valence-electron chi connectivity index (χ2n) is 8.07. The van der Waals surface area contributed by atoms with E-state index in [0.717, 1.165) is 6.42 Å². The molecular weight excluding hydrogens is 268 g/mol. The van der Waals surface area contributed by atoms with E-state index in [-0.39, 0.29) is 23.8 Å². The molecule has 0 aromatic heterocycles. The second kappa shape index (κ2) is 5.15. The van der Waals surface area contributed by atoms with E-state index >= 15 is 0 Å². The molecule has 21 heavy (non-hydrogen) atoms. The third-order valence-corrected chi connectivity index (χ3v) is 3.82. The number of carbonyl (C=O) groups excluding carboxylic acids is 2. The predicted molar refractivity (Wildman–Crippen MR) is 79.4 cm³/mol. The molecule has 2 aliphatic carbocycles. The summed E-state index contributed by atoms with van der Waals surface area (Å²) < 4.78 is 11.0. The third-order valence-electron chi connectivity index (χ3n) is 3.82. The van der Waals surface area contributed by atoms with Gasteiger partial charge in [0.25, 0.3) is 0 Å². The van der Waals surface area contributed by atoms with Crippen LogP contribution in [0.5, 0.6) is 0 Å². The van der Waals surface area contributed by atoms with Gasteiger partial charge in [-0.05, 0) is 59.8 Å². The van der Waals surface area contributed by atoms with Gasteiger partial charge in [-0.1, -0.05) is 12.2 Å². The van der Waals surface area contributed by atoms with Gasteiger partial charge in [-0.3, -0.25) is 9.59 Å². The van der Waals surface area contributed by atoms with E-state index in [9.17, 15) is 9.59 Å². The summed E-state index contributed by atoms with van der Waals surface area (Å²) in [6, 6.07) is 0. The summed E-state index contributed by atoms with van der Waals surface area (Å²) in [7, 11) is 0. The van der Waals surface area contributed by atoms with Gasteiger partial charge in [0.15, 0.2) is 0 Å². The van der Waals surface area contributed by atoms with Crippen molar-refractivity contribution in [3.8, 4) is 0 Å². The zero-order valence-corrected chi connectivity index (χ0v) is 13.8. The van der Waals surface area contributed by atoms with Gasteiger partial charge in [-0.25, -0.2) is 0 Å². The van der Waals surface area contributed by atoms with Gasteiger partial charge in [-0.15, -0.1) is 0 Å². The lowest BCUT2D eigenvalue weighted by Gasteiger charge is -2.30. The molecule has 0 unspecified atom stereocenters. The molecule has 0 amide bonds. The van der Waals surface area contributed by atoms with E-state index in [0.29, 0.717) is 0 Å². The first-order valence-electron chi connectivity index (χ1n) is 7.62. The molecule has 0 aromatic rings. The third kappa shape index (κ3) is 3.66. The Hall–Kier alpha value is -1.32. The fraction of sp³-hybridized carbons (Fsp3) is 0.765. The highest BCUT2D eigenvalue weighted by Crippen LogP contribution is 2.49. The van der Waals surface area contributed by atoms with Gasteiger partial charge in [0.05, 0.1) is 11.8 Å². The van der Waals surface area contributed by atoms with Crippen LogP contribution in [0, 0.1) is 23.7 Å². The summed E-state index contributed by atoms with van der Waals surface area (Å²) in [5, 5.41) is 0. The standard InChI is InChI=1S/C17H26O4/c1-16(2,3)20-14(18)12-10-7-8-11(9-10)13(12)15(19)21-17(4,5)6/h7-8,10-13H,9H2,1-6H3/t10-,11+,12-,13-/m0/s1. The van der Waals surface area contributed by atoms with Crippen LogP contribution in [0.25, 0.3) is 0 Å². The predicted octanol–water partition coefficient (Wildman–Crippen LogP) is 3.11. The molecule has 2 aliphatic rings. The molecule has 4 nitrogen and oxygen atoms in total. The summed E-state index contributed by atoms with van der Waals surface area (Å²) in [6.07, 6.45) is 4.92. The van der Waals surface area contributed by atoms with E-state index in [1.165, 1.54) is 0 Å². The number of esters is 2. The maximum atomic E-state index is 12.5. The van der Waals surface area contributed by atoms with Gasteiger partial charge < -0.3 is 9.47 Å². The van der Waals surface area contributed by atoms with Crippen molar-refractivity contribution in [2.75, 3.05) is 0 Å². The first kappa shape index (κ1) is 16.1. The molecule has 0 N–H and O–H groups in total. The van der Waals surface area contributed by atoms with Crippen LogP contribution in [0.2, 0.25) is 0 Å². The van der Waals surface area contributed by atoms with Gasteiger partial charge >= 0.3 is 11.9 Å². The quantitative estimate of drug-likeness (QED) is 0.580. The van der Waals surface area contributed by atoms with Crippen LogP contribution in [0.15, 0.2) is 12.2 Å². The number of ether oxygens (including phenoxy) is 2. The molecular formula is C17H26O4. The Morgan fingerprint density at radius 2 is 1.14 bits per heavy atom. The van der Waals surface area contributed by atoms with E-state index in [4.69, 9.17) is 9.47 Å². The Kier molecular flexibility index (Phi) is 3.94. The molecule has 0 spiro atoms. The van der Waals surface area contributed by atoms with Crippen molar-refractivity contribution in [1.29, 1.82) is 0 Å². The fourth-order valence-corrected chi connectivity index (χ4v) is 3.20. The van der Waals surface area contributed by atoms with Crippen LogP contribution in [0.3, 0.4) is 0 Å². The zero-order valence-electron chi connectivity index (χ0n) is 13.8. The van der Waals surface area contributed by atoms with Gasteiger partial charge in [0.1, 0.15) is 11.2 Å². The Morgan fingerprint density at radius 3 is 1.43 bits per heavy atom. The zero-order chi connectivity index (χ0) is 16.0. The van der Waals surface area contributed by atoms with E-state index < -0.39 is 23.0 Å². The van der Waals surface area contributed by atoms with Crippen LogP contribution in [-0.2, 0) is 19.1 Å². The van der Waals surface area contributed by atoms with E-state index in [1.807, 2.05) is 53.7 Å². The normalized spacial score (nSPS) is 31.3. The van der Waals surface area contributed by atoms with E-state index in [1.54, 1.807) is 0 Å². The number of hydrogen-bond acceptors (Lipinski definition) is 4. The number of carbonyl (C=O) groups is 2. The monoisotopic (exact) mass is 294 g/mol. The lowest BCUT2D eigenvalue weighted by atomic mass is 9.83. The first-order chi connectivity index (χ1) is 9.48. The van der Waals surface area contributed by atoms with Crippen molar-refractivity contribution in [1.82, 2.24) is 0 Å². The van der Waals surface area contributed by atoms with Gasteiger partial charge in [0.2, 0.25) is 0 Å². The Balaban J connectivity index is 2.17. The second-order valence-corrected chi connectivity index (χ2v) is 8.07. The molecule has 0 aliphatic heterocycles. The Morgan fingerprint density at radius 1 is 0.810 bits per heavy atom. The number of hydrogen-bond donors (Lipinski definition) is 0. The molecule has 0 heterocycles. The lowest BCUT2D eigenvalue weighted by molar-refractivity contribution is -0.173. The van der Waals surface area contributed by atoms with Gasteiger partial charge in [-0.2, -0.15) is 0 Å². The number of allylic oxidation sites excluding steroid dienone is 2. The molecule has 118 valence electrons. The van der Waals surface area contributed by atoms with Crippen molar-refractivity contribution in [3.05, 3.63) is 12.2 Å². The Bertz CT molecular complexity index is 422. The minimum absolute atomic E-state index is 0.0994. The summed E-state index contributed by atoms with van der Waals surface area (Å²) in [5.74, 6) is -1.18. The van der Waals surface area contributed by atoms with Crippen molar-refractivity contribution < 1.29 is 19.1 Å². The van der Waals surface area contributed by atoms with Crippen LogP contribution in [0.4, 0.5) is 0 Å². The van der Waals surface area contributed by atoms with Crippen molar-refractivity contribution >= 4 is 11.9 Å². The first-order valence-corrected chi connectivity index (χ1v) is 7.62. The summed E-state index contributed by atoms with van der Waals surface area (Å²) >= 11 is 0. The van der Waals surface area contributed by atoms with Crippen LogP contribution in [0.1, 0.15) is 48.0 Å². The van der Waals surface area contributed by atoms with Gasteiger partial charge in [0, 0.05) is 0 Å². The maximum absolute atomic E-state index is 12.5. The van der Waals surface area contributed by atoms with Crippen molar-refractivity contribution in [2.24, 2.45) is 23.7 Å². The SMILES string of the molecule is CC(C)(C)OC(=O)[C@@H]1[C@@H](C(=O)OC(C)(C)C)[C@H]2C=C[C@@H]1C2. The average Bonchev–Trinajstić information content (AvgIpc) is 2.82. The molecule has 0 radical (unpaired) electrons. The van der Waals surface area contributed by atoms with Crippen LogP contribution >= 0.6 is 0 Å².